The molecule has 1 aromatic heterocycles. The summed E-state index contributed by atoms with van der Waals surface area (Å²) in [5.74, 6) is -0.136. The number of nitrogens with zero attached hydrogens (tertiary/aromatic N) is 2. The lowest BCUT2D eigenvalue weighted by atomic mass is 9.89. The summed E-state index contributed by atoms with van der Waals surface area (Å²) in [6.07, 6.45) is 2.69. The number of aromatic nitrogens is 1. The predicted octanol–water partition coefficient (Wildman–Crippen LogP) is 3.83. The fourth-order valence-corrected chi connectivity index (χ4v) is 3.28. The Morgan fingerprint density at radius 2 is 2.05 bits per heavy atom. The van der Waals surface area contributed by atoms with E-state index in [1.807, 2.05) is 17.8 Å². The second kappa shape index (κ2) is 5.22. The van der Waals surface area contributed by atoms with Gasteiger partial charge in [-0.2, -0.15) is 0 Å². The van der Waals surface area contributed by atoms with Crippen LogP contribution in [-0.4, -0.2) is 33.8 Å². The summed E-state index contributed by atoms with van der Waals surface area (Å²) < 4.78 is 15.5. The van der Waals surface area contributed by atoms with E-state index < -0.39 is 11.9 Å². The standard InChI is InChI=1S/C15H16ClFN2O2/c1-18-8-11(9-2-4-19(5-3-9)15(20)21)10-6-12(16)13(17)7-14(10)18/h6-9H,2-5H2,1H3,(H,20,21). The number of carboxylic acid groups (broad SMARTS) is 1. The summed E-state index contributed by atoms with van der Waals surface area (Å²) in [5.41, 5.74) is 1.94. The van der Waals surface area contributed by atoms with Gasteiger partial charge < -0.3 is 14.6 Å². The number of hydrogen-bond acceptors (Lipinski definition) is 1. The molecule has 1 N–H and O–H groups in total. The molecule has 0 saturated carbocycles. The second-order valence-corrected chi connectivity index (χ2v) is 5.93. The van der Waals surface area contributed by atoms with Gasteiger partial charge in [0.15, 0.2) is 0 Å². The van der Waals surface area contributed by atoms with Crippen LogP contribution < -0.4 is 0 Å². The molecular weight excluding hydrogens is 295 g/mol. The lowest BCUT2D eigenvalue weighted by Crippen LogP contribution is -2.36. The van der Waals surface area contributed by atoms with E-state index in [9.17, 15) is 9.18 Å². The third-order valence-corrected chi connectivity index (χ3v) is 4.56. The largest absolute Gasteiger partial charge is 0.465 e. The van der Waals surface area contributed by atoms with Gasteiger partial charge in [0.1, 0.15) is 5.82 Å². The number of benzene rings is 1. The molecule has 2 aromatic rings. The van der Waals surface area contributed by atoms with Gasteiger partial charge in [-0.3, -0.25) is 0 Å². The normalized spacial score (nSPS) is 16.6. The summed E-state index contributed by atoms with van der Waals surface area (Å²) in [4.78, 5) is 12.4. The molecule has 21 heavy (non-hydrogen) atoms. The van der Waals surface area contributed by atoms with Gasteiger partial charge in [0.05, 0.1) is 10.5 Å². The Kier molecular flexibility index (Phi) is 3.53. The molecule has 0 bridgehead atoms. The Bertz CT molecular complexity index is 705. The van der Waals surface area contributed by atoms with Crippen molar-refractivity contribution < 1.29 is 14.3 Å². The molecule has 0 unspecified atom stereocenters. The number of halogens is 2. The lowest BCUT2D eigenvalue weighted by Gasteiger charge is -2.29. The number of carbonyl (C=O) groups is 1. The SMILES string of the molecule is Cn1cc(C2CCN(C(=O)O)CC2)c2cc(Cl)c(F)cc21. The van der Waals surface area contributed by atoms with Crippen LogP contribution >= 0.6 is 11.6 Å². The van der Waals surface area contributed by atoms with Crippen LogP contribution in [0, 0.1) is 5.82 Å². The lowest BCUT2D eigenvalue weighted by molar-refractivity contribution is 0.132. The van der Waals surface area contributed by atoms with Gasteiger partial charge in [-0.15, -0.1) is 0 Å². The molecule has 0 radical (unpaired) electrons. The number of amides is 1. The van der Waals surface area contributed by atoms with Crippen molar-refractivity contribution in [3.63, 3.8) is 0 Å². The van der Waals surface area contributed by atoms with Crippen LogP contribution in [0.3, 0.4) is 0 Å². The minimum absolute atomic E-state index is 0.123. The van der Waals surface area contributed by atoms with Crippen LogP contribution in [0.15, 0.2) is 18.3 Å². The summed E-state index contributed by atoms with van der Waals surface area (Å²) in [5, 5.41) is 10.1. The highest BCUT2D eigenvalue weighted by Crippen LogP contribution is 2.36. The first-order valence-electron chi connectivity index (χ1n) is 6.89. The van der Waals surface area contributed by atoms with Crippen LogP contribution in [0.5, 0.6) is 0 Å². The fourth-order valence-electron chi connectivity index (χ4n) is 3.11. The summed E-state index contributed by atoms with van der Waals surface area (Å²) in [6.45, 7) is 1.07. The van der Waals surface area contributed by atoms with E-state index in [0.29, 0.717) is 13.1 Å². The average Bonchev–Trinajstić information content (AvgIpc) is 2.76. The van der Waals surface area contributed by atoms with Gasteiger partial charge in [-0.1, -0.05) is 11.6 Å². The first-order valence-corrected chi connectivity index (χ1v) is 7.27. The maximum Gasteiger partial charge on any atom is 0.407 e. The molecule has 0 aliphatic carbocycles. The van der Waals surface area contributed by atoms with Crippen LogP contribution in [0.4, 0.5) is 9.18 Å². The van der Waals surface area contributed by atoms with Crippen LogP contribution in [0.2, 0.25) is 5.02 Å². The molecule has 3 rings (SSSR count). The van der Waals surface area contributed by atoms with Gasteiger partial charge >= 0.3 is 6.09 Å². The number of rotatable bonds is 1. The molecular formula is C15H16ClFN2O2. The maximum atomic E-state index is 13.6. The van der Waals surface area contributed by atoms with Gasteiger partial charge in [0, 0.05) is 31.7 Å². The topological polar surface area (TPSA) is 45.5 Å². The number of piperidine rings is 1. The third-order valence-electron chi connectivity index (χ3n) is 4.27. The Hall–Kier alpha value is -1.75. The van der Waals surface area contributed by atoms with Gasteiger partial charge in [0.2, 0.25) is 0 Å². The summed E-state index contributed by atoms with van der Waals surface area (Å²) >= 11 is 5.90. The van der Waals surface area contributed by atoms with Crippen molar-refractivity contribution >= 4 is 28.6 Å². The Morgan fingerprint density at radius 3 is 2.67 bits per heavy atom. The summed E-state index contributed by atoms with van der Waals surface area (Å²) in [6, 6.07) is 3.12. The maximum absolute atomic E-state index is 13.6. The minimum atomic E-state index is -0.864. The van der Waals surface area contributed by atoms with Crippen molar-refractivity contribution in [1.82, 2.24) is 9.47 Å². The van der Waals surface area contributed by atoms with Crippen molar-refractivity contribution in [3.8, 4) is 0 Å². The fraction of sp³-hybridized carbons (Fsp3) is 0.400. The molecule has 1 fully saturated rings. The van der Waals surface area contributed by atoms with Crippen LogP contribution in [-0.2, 0) is 7.05 Å². The predicted molar refractivity (Wildman–Crippen MR) is 79.5 cm³/mol. The monoisotopic (exact) mass is 310 g/mol. The molecule has 0 spiro atoms. The van der Waals surface area contributed by atoms with Crippen molar-refractivity contribution in [2.24, 2.45) is 7.05 Å². The highest BCUT2D eigenvalue weighted by Gasteiger charge is 2.26. The Morgan fingerprint density at radius 1 is 1.38 bits per heavy atom. The molecule has 4 nitrogen and oxygen atoms in total. The molecule has 0 atom stereocenters. The van der Waals surface area contributed by atoms with E-state index in [0.717, 1.165) is 29.3 Å². The minimum Gasteiger partial charge on any atom is -0.465 e. The van der Waals surface area contributed by atoms with Crippen LogP contribution in [0.25, 0.3) is 10.9 Å². The molecule has 1 aliphatic rings. The Labute approximate surface area is 126 Å². The van der Waals surface area contributed by atoms with Gasteiger partial charge in [0.25, 0.3) is 0 Å². The number of likely N-dealkylation sites (tertiary alicyclic amines) is 1. The first kappa shape index (κ1) is 14.2. The zero-order chi connectivity index (χ0) is 15.1. The smallest absolute Gasteiger partial charge is 0.407 e. The zero-order valence-corrected chi connectivity index (χ0v) is 12.4. The van der Waals surface area contributed by atoms with E-state index >= 15 is 0 Å². The number of aryl methyl sites for hydroxylation is 1. The third kappa shape index (κ3) is 2.46. The van der Waals surface area contributed by atoms with Crippen LogP contribution in [0.1, 0.15) is 24.3 Å². The average molecular weight is 311 g/mol. The van der Waals surface area contributed by atoms with E-state index in [4.69, 9.17) is 16.7 Å². The van der Waals surface area contributed by atoms with E-state index in [-0.39, 0.29) is 10.9 Å². The molecule has 1 saturated heterocycles. The molecule has 1 aliphatic heterocycles. The summed E-state index contributed by atoms with van der Waals surface area (Å²) in [7, 11) is 1.88. The molecule has 2 heterocycles. The zero-order valence-electron chi connectivity index (χ0n) is 11.6. The first-order chi connectivity index (χ1) is 9.97. The molecule has 6 heteroatoms. The van der Waals surface area contributed by atoms with Crippen molar-refractivity contribution in [2.75, 3.05) is 13.1 Å². The Balaban J connectivity index is 1.95. The van der Waals surface area contributed by atoms with E-state index in [2.05, 4.69) is 0 Å². The second-order valence-electron chi connectivity index (χ2n) is 5.52. The van der Waals surface area contributed by atoms with E-state index in [1.165, 1.54) is 11.0 Å². The van der Waals surface area contributed by atoms with Gasteiger partial charge in [-0.25, -0.2) is 9.18 Å². The molecule has 1 aromatic carbocycles. The van der Waals surface area contributed by atoms with Crippen molar-refractivity contribution in [3.05, 3.63) is 34.7 Å². The number of hydrogen-bond donors (Lipinski definition) is 1. The molecule has 1 amide bonds. The quantitative estimate of drug-likeness (QED) is 0.870. The van der Waals surface area contributed by atoms with E-state index in [1.54, 1.807) is 6.07 Å². The number of fused-ring (bicyclic) bond motifs is 1. The molecule has 112 valence electrons. The van der Waals surface area contributed by atoms with Gasteiger partial charge in [-0.05, 0) is 36.5 Å². The highest BCUT2D eigenvalue weighted by molar-refractivity contribution is 6.31. The van der Waals surface area contributed by atoms with Crippen molar-refractivity contribution in [1.29, 1.82) is 0 Å². The highest BCUT2D eigenvalue weighted by atomic mass is 35.5. The van der Waals surface area contributed by atoms with Crippen molar-refractivity contribution in [2.45, 2.75) is 18.8 Å².